The maximum atomic E-state index is 13.4. The van der Waals surface area contributed by atoms with E-state index in [1.54, 1.807) is 18.2 Å². The molecule has 1 nitrogen and oxygen atoms in total. The van der Waals surface area contributed by atoms with Gasteiger partial charge in [0.1, 0.15) is 11.6 Å². The zero-order chi connectivity index (χ0) is 14.0. The van der Waals surface area contributed by atoms with Crippen molar-refractivity contribution in [2.75, 3.05) is 0 Å². The van der Waals surface area contributed by atoms with Gasteiger partial charge in [0.2, 0.25) is 0 Å². The Balaban J connectivity index is 2.25. The van der Waals surface area contributed by atoms with Gasteiger partial charge in [-0.25, -0.2) is 8.78 Å². The van der Waals surface area contributed by atoms with E-state index in [4.69, 9.17) is 5.73 Å². The predicted octanol–water partition coefficient (Wildman–Crippen LogP) is 4.73. The topological polar surface area (TPSA) is 26.0 Å². The molecule has 0 radical (unpaired) electrons. The average Bonchev–Trinajstić information content (AvgIpc) is 2.36. The first-order chi connectivity index (χ1) is 8.99. The highest BCUT2D eigenvalue weighted by molar-refractivity contribution is 9.10. The minimum atomic E-state index is -0.369. The van der Waals surface area contributed by atoms with Crippen LogP contribution in [0.25, 0.3) is 0 Å². The molecule has 0 saturated carbocycles. The molecule has 2 N–H and O–H groups in total. The standard InChI is InChI=1S/C14H11Br2F2N/c15-11-7-9(17)5-4-8(11)6-13(19)10-2-1-3-12(18)14(10)16/h1-5,7,13H,6,19H2. The van der Waals surface area contributed by atoms with Crippen LogP contribution in [0.2, 0.25) is 0 Å². The van der Waals surface area contributed by atoms with Crippen molar-refractivity contribution in [1.82, 2.24) is 0 Å². The molecule has 100 valence electrons. The van der Waals surface area contributed by atoms with Crippen LogP contribution in [0.5, 0.6) is 0 Å². The summed E-state index contributed by atoms with van der Waals surface area (Å²) in [6, 6.07) is 8.84. The zero-order valence-electron chi connectivity index (χ0n) is 9.84. The van der Waals surface area contributed by atoms with Crippen LogP contribution in [0.15, 0.2) is 45.3 Å². The normalized spacial score (nSPS) is 12.5. The van der Waals surface area contributed by atoms with E-state index in [1.807, 2.05) is 0 Å². The molecule has 2 aromatic rings. The minimum absolute atomic E-state index is 0.309. The van der Waals surface area contributed by atoms with Crippen LogP contribution in [0.4, 0.5) is 8.78 Å². The van der Waals surface area contributed by atoms with Crippen molar-refractivity contribution in [3.05, 3.63) is 68.1 Å². The second-order valence-electron chi connectivity index (χ2n) is 4.19. The molecule has 19 heavy (non-hydrogen) atoms. The van der Waals surface area contributed by atoms with Gasteiger partial charge in [0.05, 0.1) is 4.47 Å². The molecule has 0 aliphatic heterocycles. The molecule has 1 unspecified atom stereocenters. The van der Waals surface area contributed by atoms with E-state index >= 15 is 0 Å². The number of benzene rings is 2. The summed E-state index contributed by atoms with van der Waals surface area (Å²) < 4.78 is 27.5. The lowest BCUT2D eigenvalue weighted by atomic mass is 9.99. The van der Waals surface area contributed by atoms with Gasteiger partial charge in [0, 0.05) is 10.5 Å². The van der Waals surface area contributed by atoms with E-state index in [9.17, 15) is 8.78 Å². The number of hydrogen-bond donors (Lipinski definition) is 1. The summed E-state index contributed by atoms with van der Waals surface area (Å²) in [5.74, 6) is -0.651. The molecule has 5 heteroatoms. The van der Waals surface area contributed by atoms with Crippen LogP contribution < -0.4 is 5.73 Å². The average molecular weight is 391 g/mol. The van der Waals surface area contributed by atoms with Gasteiger partial charge < -0.3 is 5.73 Å². The molecule has 2 aromatic carbocycles. The van der Waals surface area contributed by atoms with Gasteiger partial charge in [-0.2, -0.15) is 0 Å². The smallest absolute Gasteiger partial charge is 0.137 e. The van der Waals surface area contributed by atoms with Crippen molar-refractivity contribution in [3.8, 4) is 0 Å². The first kappa shape index (κ1) is 14.6. The fourth-order valence-electron chi connectivity index (χ4n) is 1.84. The van der Waals surface area contributed by atoms with E-state index in [2.05, 4.69) is 31.9 Å². The zero-order valence-corrected chi connectivity index (χ0v) is 13.0. The van der Waals surface area contributed by atoms with E-state index < -0.39 is 0 Å². The molecule has 0 amide bonds. The Kier molecular flexibility index (Phi) is 4.71. The van der Waals surface area contributed by atoms with E-state index in [-0.39, 0.29) is 17.7 Å². The van der Waals surface area contributed by atoms with Crippen molar-refractivity contribution in [3.63, 3.8) is 0 Å². The third kappa shape index (κ3) is 3.41. The maximum absolute atomic E-state index is 13.4. The quantitative estimate of drug-likeness (QED) is 0.805. The largest absolute Gasteiger partial charge is 0.324 e. The fourth-order valence-corrected chi connectivity index (χ4v) is 2.91. The van der Waals surface area contributed by atoms with Crippen molar-refractivity contribution in [1.29, 1.82) is 0 Å². The van der Waals surface area contributed by atoms with E-state index in [1.165, 1.54) is 18.2 Å². The van der Waals surface area contributed by atoms with Crippen molar-refractivity contribution in [2.45, 2.75) is 12.5 Å². The van der Waals surface area contributed by atoms with E-state index in [0.717, 1.165) is 5.56 Å². The monoisotopic (exact) mass is 389 g/mol. The third-order valence-corrected chi connectivity index (χ3v) is 4.41. The van der Waals surface area contributed by atoms with Gasteiger partial charge in [-0.05, 0) is 51.7 Å². The number of nitrogens with two attached hydrogens (primary N) is 1. The maximum Gasteiger partial charge on any atom is 0.137 e. The van der Waals surface area contributed by atoms with Crippen LogP contribution in [0.3, 0.4) is 0 Å². The number of hydrogen-bond acceptors (Lipinski definition) is 1. The SMILES string of the molecule is NC(Cc1ccc(F)cc1Br)c1cccc(F)c1Br. The summed E-state index contributed by atoms with van der Waals surface area (Å²) >= 11 is 6.50. The molecule has 0 aromatic heterocycles. The van der Waals surface area contributed by atoms with Crippen molar-refractivity contribution in [2.24, 2.45) is 5.73 Å². The Morgan fingerprint density at radius 3 is 2.53 bits per heavy atom. The lowest BCUT2D eigenvalue weighted by Gasteiger charge is -2.15. The Labute approximate surface area is 127 Å². The first-order valence-corrected chi connectivity index (χ1v) is 7.21. The second kappa shape index (κ2) is 6.11. The predicted molar refractivity (Wildman–Crippen MR) is 78.8 cm³/mol. The Hall–Kier alpha value is -0.780. The van der Waals surface area contributed by atoms with E-state index in [0.29, 0.717) is 20.9 Å². The molecule has 0 bridgehead atoms. The molecule has 0 aliphatic carbocycles. The molecule has 0 heterocycles. The highest BCUT2D eigenvalue weighted by atomic mass is 79.9. The lowest BCUT2D eigenvalue weighted by molar-refractivity contribution is 0.609. The third-order valence-electron chi connectivity index (χ3n) is 2.84. The van der Waals surface area contributed by atoms with Gasteiger partial charge in [-0.3, -0.25) is 0 Å². The van der Waals surface area contributed by atoms with Crippen LogP contribution >= 0.6 is 31.9 Å². The highest BCUT2D eigenvalue weighted by Gasteiger charge is 2.14. The number of rotatable bonds is 3. The van der Waals surface area contributed by atoms with Crippen LogP contribution in [-0.4, -0.2) is 0 Å². The molecule has 0 saturated heterocycles. The Bertz CT molecular complexity index is 602. The number of halogens is 4. The first-order valence-electron chi connectivity index (χ1n) is 5.62. The second-order valence-corrected chi connectivity index (χ2v) is 5.84. The summed E-state index contributed by atoms with van der Waals surface area (Å²) in [6.07, 6.45) is 0.489. The van der Waals surface area contributed by atoms with Crippen molar-refractivity contribution >= 4 is 31.9 Å². The molecule has 0 aliphatic rings. The van der Waals surface area contributed by atoms with Crippen LogP contribution in [0, 0.1) is 11.6 Å². The summed E-state index contributed by atoms with van der Waals surface area (Å²) in [6.45, 7) is 0. The summed E-state index contributed by atoms with van der Waals surface area (Å²) in [5, 5.41) is 0. The van der Waals surface area contributed by atoms with Crippen LogP contribution in [-0.2, 0) is 6.42 Å². The van der Waals surface area contributed by atoms with Crippen molar-refractivity contribution < 1.29 is 8.78 Å². The molecule has 0 spiro atoms. The Morgan fingerprint density at radius 2 is 1.84 bits per heavy atom. The minimum Gasteiger partial charge on any atom is -0.324 e. The summed E-state index contributed by atoms with van der Waals surface area (Å²) in [7, 11) is 0. The lowest BCUT2D eigenvalue weighted by Crippen LogP contribution is -2.14. The van der Waals surface area contributed by atoms with Gasteiger partial charge in [0.25, 0.3) is 0 Å². The Morgan fingerprint density at radius 1 is 1.11 bits per heavy atom. The molecular weight excluding hydrogens is 380 g/mol. The van der Waals surface area contributed by atoms with Crippen LogP contribution in [0.1, 0.15) is 17.2 Å². The molecular formula is C14H11Br2F2N. The van der Waals surface area contributed by atoms with Gasteiger partial charge in [0.15, 0.2) is 0 Å². The molecule has 0 fully saturated rings. The molecule has 2 rings (SSSR count). The van der Waals surface area contributed by atoms with Gasteiger partial charge >= 0.3 is 0 Å². The van der Waals surface area contributed by atoms with Gasteiger partial charge in [-0.1, -0.05) is 34.1 Å². The highest BCUT2D eigenvalue weighted by Crippen LogP contribution is 2.29. The molecule has 1 atom stereocenters. The summed E-state index contributed by atoms with van der Waals surface area (Å²) in [5.41, 5.74) is 7.66. The summed E-state index contributed by atoms with van der Waals surface area (Å²) in [4.78, 5) is 0. The fraction of sp³-hybridized carbons (Fsp3) is 0.143. The van der Waals surface area contributed by atoms with Gasteiger partial charge in [-0.15, -0.1) is 0 Å².